The van der Waals surface area contributed by atoms with Gasteiger partial charge in [-0.1, -0.05) is 22.9 Å². The number of aromatic amines is 1. The molecule has 1 amide bonds. The van der Waals surface area contributed by atoms with Gasteiger partial charge in [-0.2, -0.15) is 5.26 Å². The summed E-state index contributed by atoms with van der Waals surface area (Å²) in [5, 5.41) is 21.4. The number of amides is 1. The first-order chi connectivity index (χ1) is 16.3. The van der Waals surface area contributed by atoms with Gasteiger partial charge in [0.15, 0.2) is 5.13 Å². The van der Waals surface area contributed by atoms with E-state index in [-0.39, 0.29) is 40.0 Å². The molecule has 0 aromatic carbocycles. The third-order valence-electron chi connectivity index (χ3n) is 5.15. The largest absolute Gasteiger partial charge is 0.512 e. The number of carbonyl (C=O) groups is 2. The summed E-state index contributed by atoms with van der Waals surface area (Å²) in [5.74, 6) is -0.621. The minimum absolute atomic E-state index is 0.00291. The fourth-order valence-electron chi connectivity index (χ4n) is 3.52. The molecule has 1 aliphatic rings. The Kier molecular flexibility index (Phi) is 6.62. The number of piperidine rings is 1. The van der Waals surface area contributed by atoms with Crippen molar-refractivity contribution < 1.29 is 23.8 Å². The number of anilines is 1. The third-order valence-corrected chi connectivity index (χ3v) is 6.62. The quantitative estimate of drug-likeness (QED) is 0.443. The summed E-state index contributed by atoms with van der Waals surface area (Å²) in [7, 11) is 0. The van der Waals surface area contributed by atoms with E-state index in [4.69, 9.17) is 21.4 Å². The maximum atomic E-state index is 15.0. The molecule has 3 aromatic heterocycles. The average Bonchev–Trinajstić information content (AvgIpc) is 3.36. The minimum atomic E-state index is -1.51. The van der Waals surface area contributed by atoms with E-state index in [1.807, 2.05) is 6.07 Å². The van der Waals surface area contributed by atoms with Crippen LogP contribution in [0.5, 0.6) is 5.06 Å². The zero-order valence-corrected chi connectivity index (χ0v) is 19.2. The van der Waals surface area contributed by atoms with E-state index < -0.39 is 24.3 Å². The van der Waals surface area contributed by atoms with Crippen LogP contribution in [-0.2, 0) is 0 Å². The van der Waals surface area contributed by atoms with Crippen LogP contribution >= 0.6 is 22.9 Å². The van der Waals surface area contributed by atoms with Crippen molar-refractivity contribution in [3.8, 4) is 22.5 Å². The van der Waals surface area contributed by atoms with Gasteiger partial charge in [-0.3, -0.25) is 14.8 Å². The monoisotopic (exact) mass is 505 g/mol. The first kappa shape index (κ1) is 23.4. The van der Waals surface area contributed by atoms with Gasteiger partial charge in [0.1, 0.15) is 34.9 Å². The zero-order chi connectivity index (χ0) is 24.4. The average molecular weight is 506 g/mol. The van der Waals surface area contributed by atoms with Crippen molar-refractivity contribution in [1.29, 1.82) is 5.26 Å². The third kappa shape index (κ3) is 4.63. The van der Waals surface area contributed by atoms with E-state index in [2.05, 4.69) is 25.3 Å². The number of halogens is 2. The second kappa shape index (κ2) is 9.62. The van der Waals surface area contributed by atoms with Crippen LogP contribution in [0.1, 0.15) is 28.2 Å². The Bertz CT molecular complexity index is 1280. The lowest BCUT2D eigenvalue weighted by atomic mass is 10.0. The number of thiazole rings is 1. The number of nitrogens with one attached hydrogen (secondary N) is 2. The van der Waals surface area contributed by atoms with Crippen LogP contribution in [0.25, 0.3) is 11.4 Å². The molecule has 0 unspecified atom stereocenters. The Morgan fingerprint density at radius 1 is 1.47 bits per heavy atom. The number of H-pyrrole nitrogens is 1. The number of rotatable bonds is 5. The molecular weight excluding hydrogens is 489 g/mol. The smallest absolute Gasteiger partial charge is 0.449 e. The normalized spacial score (nSPS) is 17.8. The van der Waals surface area contributed by atoms with Crippen molar-refractivity contribution in [1.82, 2.24) is 25.3 Å². The summed E-state index contributed by atoms with van der Waals surface area (Å²) in [5.41, 5.74) is 0.966. The molecule has 0 bridgehead atoms. The topological polar surface area (TPSA) is 157 Å². The van der Waals surface area contributed by atoms with E-state index in [1.165, 1.54) is 18.6 Å². The van der Waals surface area contributed by atoms with Gasteiger partial charge < -0.3 is 25.0 Å². The molecule has 0 saturated carbocycles. The summed E-state index contributed by atoms with van der Waals surface area (Å²) in [6.45, 7) is 1.86. The van der Waals surface area contributed by atoms with Crippen molar-refractivity contribution in [2.24, 2.45) is 0 Å². The highest BCUT2D eigenvalue weighted by Gasteiger charge is 2.34. The Balaban J connectivity index is 1.49. The highest BCUT2D eigenvalue weighted by Crippen LogP contribution is 2.39. The number of aryl methyl sites for hydroxylation is 1. The lowest BCUT2D eigenvalue weighted by Gasteiger charge is -2.34. The van der Waals surface area contributed by atoms with E-state index in [1.54, 1.807) is 11.8 Å². The van der Waals surface area contributed by atoms with E-state index in [0.717, 1.165) is 11.3 Å². The summed E-state index contributed by atoms with van der Waals surface area (Å²) >= 11 is 6.98. The lowest BCUT2D eigenvalue weighted by Crippen LogP contribution is -2.52. The van der Waals surface area contributed by atoms with E-state index in [9.17, 15) is 14.9 Å². The molecule has 14 heteroatoms. The number of nitriles is 1. The molecule has 34 heavy (non-hydrogen) atoms. The predicted octanol–water partition coefficient (Wildman–Crippen LogP) is 3.17. The first-order valence-electron chi connectivity index (χ1n) is 9.94. The van der Waals surface area contributed by atoms with Gasteiger partial charge in [0, 0.05) is 24.6 Å². The molecule has 4 heterocycles. The second-order valence-corrected chi connectivity index (χ2v) is 8.67. The summed E-state index contributed by atoms with van der Waals surface area (Å²) in [4.78, 5) is 40.6. The van der Waals surface area contributed by atoms with Crippen molar-refractivity contribution in [2.75, 3.05) is 18.0 Å². The number of nitrogens with zero attached hydrogens (tertiary/aromatic N) is 5. The summed E-state index contributed by atoms with van der Waals surface area (Å²) in [6, 6.07) is 1.08. The highest BCUT2D eigenvalue weighted by molar-refractivity contribution is 7.18. The van der Waals surface area contributed by atoms with Gasteiger partial charge in [-0.25, -0.2) is 14.2 Å². The van der Waals surface area contributed by atoms with Gasteiger partial charge in [0.2, 0.25) is 5.06 Å². The Morgan fingerprint density at radius 2 is 2.26 bits per heavy atom. The summed E-state index contributed by atoms with van der Waals surface area (Å²) in [6.07, 6.45) is 1.59. The van der Waals surface area contributed by atoms with Crippen molar-refractivity contribution in [3.63, 3.8) is 0 Å². The van der Waals surface area contributed by atoms with Crippen LogP contribution in [0.2, 0.25) is 5.02 Å². The minimum Gasteiger partial charge on any atom is -0.449 e. The fraction of sp³-hybridized carbons (Fsp3) is 0.300. The van der Waals surface area contributed by atoms with Gasteiger partial charge in [-0.15, -0.1) is 0 Å². The molecule has 11 nitrogen and oxygen atoms in total. The Hall–Kier alpha value is -3.76. The lowest BCUT2D eigenvalue weighted by molar-refractivity contribution is 0.0893. The van der Waals surface area contributed by atoms with Crippen LogP contribution in [0.4, 0.5) is 14.3 Å². The number of ether oxygens (including phenoxy) is 1. The second-order valence-electron chi connectivity index (χ2n) is 7.35. The van der Waals surface area contributed by atoms with Crippen LogP contribution in [0.3, 0.4) is 0 Å². The standard InChI is InChI=1S/C20H17ClFN7O4S/c1-9-14(21)10(6-23)15(26-9)17(30)27-12-2-5-29(8-11(12)22)19-28-16(13-7-24-3-4-25-13)18(34-19)33-20(31)32/h3-4,7,11-12,26H,2,5,8H2,1H3,(H,27,30)(H,31,32)/t11-,12+/m0/s1. The van der Waals surface area contributed by atoms with Crippen LogP contribution in [-0.4, -0.2) is 62.4 Å². The van der Waals surface area contributed by atoms with Crippen molar-refractivity contribution >= 4 is 40.1 Å². The number of hydrogen-bond donors (Lipinski definition) is 3. The van der Waals surface area contributed by atoms with Gasteiger partial charge in [-0.05, 0) is 13.3 Å². The Labute approximate surface area is 201 Å². The predicted molar refractivity (Wildman–Crippen MR) is 120 cm³/mol. The zero-order valence-electron chi connectivity index (χ0n) is 17.6. The van der Waals surface area contributed by atoms with Gasteiger partial charge >= 0.3 is 6.16 Å². The fourth-order valence-corrected chi connectivity index (χ4v) is 4.66. The molecule has 1 aliphatic heterocycles. The maximum Gasteiger partial charge on any atom is 0.512 e. The summed E-state index contributed by atoms with van der Waals surface area (Å²) < 4.78 is 19.9. The van der Waals surface area contributed by atoms with Crippen LogP contribution < -0.4 is 15.0 Å². The number of aromatic nitrogens is 4. The van der Waals surface area contributed by atoms with Gasteiger partial charge in [0.05, 0.1) is 23.8 Å². The molecule has 1 fully saturated rings. The highest BCUT2D eigenvalue weighted by atomic mass is 35.5. The molecule has 0 spiro atoms. The molecule has 1 saturated heterocycles. The SMILES string of the molecule is Cc1[nH]c(C(=O)N[C@@H]2CCN(c3nc(-c4cnccn4)c(OC(=O)O)s3)C[C@@H]2F)c(C#N)c1Cl. The number of alkyl halides is 1. The van der Waals surface area contributed by atoms with Gasteiger partial charge in [0.25, 0.3) is 5.91 Å². The van der Waals surface area contributed by atoms with Crippen molar-refractivity contribution in [2.45, 2.75) is 25.6 Å². The molecule has 3 aromatic rings. The molecule has 176 valence electrons. The molecule has 4 rings (SSSR count). The molecule has 3 N–H and O–H groups in total. The van der Waals surface area contributed by atoms with E-state index in [0.29, 0.717) is 23.1 Å². The molecule has 2 atom stereocenters. The Morgan fingerprint density at radius 3 is 2.91 bits per heavy atom. The van der Waals surface area contributed by atoms with Crippen LogP contribution in [0, 0.1) is 18.3 Å². The first-order valence-corrected chi connectivity index (χ1v) is 11.1. The number of carbonyl (C=O) groups excluding carboxylic acids is 1. The number of hydrogen-bond acceptors (Lipinski definition) is 9. The maximum absolute atomic E-state index is 15.0. The van der Waals surface area contributed by atoms with E-state index >= 15 is 4.39 Å². The molecule has 0 aliphatic carbocycles. The van der Waals surface area contributed by atoms with Crippen LogP contribution in [0.15, 0.2) is 18.6 Å². The molecular formula is C20H17ClFN7O4S. The molecule has 0 radical (unpaired) electrons. The van der Waals surface area contributed by atoms with Crippen molar-refractivity contribution in [3.05, 3.63) is 40.6 Å². The number of carboxylic acid groups (broad SMARTS) is 1.